The van der Waals surface area contributed by atoms with Gasteiger partial charge in [0.05, 0.1) is 47.0 Å². The largest absolute Gasteiger partial charge is 0.293 e. The summed E-state index contributed by atoms with van der Waals surface area (Å²) in [5.74, 6) is 1.08. The van der Waals surface area contributed by atoms with Gasteiger partial charge in [0, 0.05) is 16.2 Å². The molecule has 0 saturated heterocycles. The van der Waals surface area contributed by atoms with Gasteiger partial charge in [0.2, 0.25) is 9.84 Å². The van der Waals surface area contributed by atoms with Gasteiger partial charge in [-0.1, -0.05) is 114 Å². The highest BCUT2D eigenvalue weighted by Crippen LogP contribution is 2.49. The van der Waals surface area contributed by atoms with E-state index in [1.807, 2.05) is 0 Å². The van der Waals surface area contributed by atoms with Crippen molar-refractivity contribution in [2.45, 2.75) is 123 Å². The van der Waals surface area contributed by atoms with Crippen LogP contribution in [-0.4, -0.2) is 37.5 Å². The number of hydrogen-bond donors (Lipinski definition) is 0. The number of hydrogen-bond acceptors (Lipinski definition) is 6. The van der Waals surface area contributed by atoms with Gasteiger partial charge in [0.15, 0.2) is 21.7 Å². The summed E-state index contributed by atoms with van der Waals surface area (Å²) >= 11 is 0. The Hall–Kier alpha value is -5.15. The minimum absolute atomic E-state index is 0.0202. The fraction of sp³-hybridized carbons (Fsp3) is 0.388. The van der Waals surface area contributed by atoms with Crippen LogP contribution in [0.4, 0.5) is 0 Å². The van der Waals surface area contributed by atoms with E-state index in [9.17, 15) is 8.42 Å². The van der Waals surface area contributed by atoms with Gasteiger partial charge in [-0.05, 0) is 98.2 Å². The minimum atomic E-state index is -4.13. The van der Waals surface area contributed by atoms with E-state index in [2.05, 4.69) is 176 Å². The molecule has 9 heteroatoms. The molecule has 0 bridgehead atoms. The molecule has 1 atom stereocenters. The topological polar surface area (TPSA) is 95.6 Å². The lowest BCUT2D eigenvalue weighted by atomic mass is 9.63. The van der Waals surface area contributed by atoms with Crippen LogP contribution in [0, 0.1) is 10.8 Å². The maximum atomic E-state index is 14.0. The van der Waals surface area contributed by atoms with E-state index in [-0.39, 0.29) is 37.1 Å². The minimum Gasteiger partial charge on any atom is -0.293 e. The SMILES string of the molecule is CC(C)(C)c1ccc2c(c1)c1c(n2-c2cnc(S(=O)(=O)c3cnc(-n4c5ccc(C(C)(C)C)cc5c5cc(C(C)(C)C)ccc54)cn3)cn2)C=CC(C)(C(C)(C)C)C1. The first kappa shape index (κ1) is 39.7. The fourth-order valence-corrected chi connectivity index (χ4v) is 9.07. The average Bonchev–Trinajstić information content (AvgIpc) is 3.64. The van der Waals surface area contributed by atoms with Crippen molar-refractivity contribution in [1.82, 2.24) is 29.1 Å². The molecular formula is C49H56N6O2S. The molecule has 300 valence electrons. The third-order valence-electron chi connectivity index (χ3n) is 12.6. The first-order chi connectivity index (χ1) is 26.9. The molecular weight excluding hydrogens is 737 g/mol. The van der Waals surface area contributed by atoms with Gasteiger partial charge in [-0.2, -0.15) is 0 Å². The highest BCUT2D eigenvalue weighted by Gasteiger charge is 2.39. The molecule has 58 heavy (non-hydrogen) atoms. The van der Waals surface area contributed by atoms with Crippen molar-refractivity contribution in [3.8, 4) is 11.6 Å². The van der Waals surface area contributed by atoms with Gasteiger partial charge in [-0.25, -0.2) is 28.4 Å². The Morgan fingerprint density at radius 1 is 0.552 bits per heavy atom. The Labute approximate surface area is 343 Å². The predicted molar refractivity (Wildman–Crippen MR) is 237 cm³/mol. The Bertz CT molecular complexity index is 2840. The van der Waals surface area contributed by atoms with E-state index in [0.717, 1.165) is 39.4 Å². The van der Waals surface area contributed by atoms with Crippen LogP contribution in [-0.2, 0) is 32.5 Å². The van der Waals surface area contributed by atoms with Crippen molar-refractivity contribution < 1.29 is 8.42 Å². The van der Waals surface area contributed by atoms with Crippen LogP contribution >= 0.6 is 0 Å². The number of allylic oxidation sites excluding steroid dienone is 1. The van der Waals surface area contributed by atoms with Crippen LogP contribution in [0.2, 0.25) is 0 Å². The third kappa shape index (κ3) is 6.46. The number of aromatic nitrogens is 6. The third-order valence-corrected chi connectivity index (χ3v) is 14.1. The Kier molecular flexibility index (Phi) is 8.84. The summed E-state index contributed by atoms with van der Waals surface area (Å²) in [5.41, 5.74) is 8.93. The zero-order chi connectivity index (χ0) is 42.0. The van der Waals surface area contributed by atoms with Crippen molar-refractivity contribution in [1.29, 1.82) is 0 Å². The van der Waals surface area contributed by atoms with Crippen LogP contribution in [0.1, 0.15) is 118 Å². The molecule has 8 nitrogen and oxygen atoms in total. The standard InChI is InChI=1S/C49H56N6O2S/c1-45(2,3)30-14-17-37-33(22-30)34-23-31(46(4,5)6)15-18-38(34)54(37)41-26-52-43(28-50-41)58(56,57)44-29-51-42(27-53-44)55-39-19-16-32(47(7,8)9)24-35(39)36-25-49(13,48(10,11)12)21-20-40(36)55/h14-24,26-29H,25H2,1-13H3. The second-order valence-corrected chi connectivity index (χ2v) is 22.4. The second kappa shape index (κ2) is 12.9. The smallest absolute Gasteiger partial charge is 0.244 e. The van der Waals surface area contributed by atoms with Crippen LogP contribution in [0.3, 0.4) is 0 Å². The highest BCUT2D eigenvalue weighted by molar-refractivity contribution is 7.91. The number of nitrogens with zero attached hydrogens (tertiary/aromatic N) is 6. The summed E-state index contributed by atoms with van der Waals surface area (Å²) in [6.07, 6.45) is 11.1. The fourth-order valence-electron chi connectivity index (χ4n) is 8.09. The molecule has 0 fully saturated rings. The van der Waals surface area contributed by atoms with E-state index in [1.54, 1.807) is 6.20 Å². The Balaban J connectivity index is 1.18. The summed E-state index contributed by atoms with van der Waals surface area (Å²) in [6, 6.07) is 19.8. The molecule has 0 amide bonds. The van der Waals surface area contributed by atoms with Crippen LogP contribution in [0.25, 0.3) is 50.4 Å². The maximum absolute atomic E-state index is 14.0. The van der Waals surface area contributed by atoms with Crippen molar-refractivity contribution in [3.63, 3.8) is 0 Å². The zero-order valence-electron chi connectivity index (χ0n) is 36.3. The molecule has 7 aromatic rings. The first-order valence-electron chi connectivity index (χ1n) is 20.2. The maximum Gasteiger partial charge on any atom is 0.244 e. The predicted octanol–water partition coefficient (Wildman–Crippen LogP) is 11.7. The van der Waals surface area contributed by atoms with Crippen LogP contribution in [0.5, 0.6) is 0 Å². The van der Waals surface area contributed by atoms with Gasteiger partial charge in [0.1, 0.15) is 0 Å². The van der Waals surface area contributed by atoms with Gasteiger partial charge < -0.3 is 0 Å². The normalized spacial score (nSPS) is 16.8. The van der Waals surface area contributed by atoms with Gasteiger partial charge in [0.25, 0.3) is 0 Å². The number of rotatable bonds is 4. The first-order valence-corrected chi connectivity index (χ1v) is 21.7. The van der Waals surface area contributed by atoms with Crippen molar-refractivity contribution in [3.05, 3.63) is 113 Å². The van der Waals surface area contributed by atoms with E-state index < -0.39 is 9.84 Å². The summed E-state index contributed by atoms with van der Waals surface area (Å²) in [7, 11) is -4.13. The molecule has 1 unspecified atom stereocenters. The molecule has 4 heterocycles. The van der Waals surface area contributed by atoms with Gasteiger partial charge in [-0.3, -0.25) is 9.13 Å². The van der Waals surface area contributed by atoms with E-state index in [0.29, 0.717) is 11.6 Å². The van der Waals surface area contributed by atoms with Crippen molar-refractivity contribution in [2.75, 3.05) is 0 Å². The molecule has 0 aliphatic heterocycles. The molecule has 1 aliphatic rings. The molecule has 3 aromatic carbocycles. The Morgan fingerprint density at radius 2 is 0.966 bits per heavy atom. The number of benzene rings is 3. The van der Waals surface area contributed by atoms with Crippen molar-refractivity contribution >= 4 is 48.6 Å². The molecule has 0 saturated carbocycles. The molecule has 4 aromatic heterocycles. The summed E-state index contributed by atoms with van der Waals surface area (Å²) in [4.78, 5) is 18.4. The lowest BCUT2D eigenvalue weighted by molar-refractivity contribution is 0.168. The lowest BCUT2D eigenvalue weighted by Crippen LogP contribution is -2.34. The highest BCUT2D eigenvalue weighted by atomic mass is 32.2. The number of sulfone groups is 1. The van der Waals surface area contributed by atoms with Crippen LogP contribution < -0.4 is 0 Å². The average molecular weight is 793 g/mol. The molecule has 1 aliphatic carbocycles. The summed E-state index contributed by atoms with van der Waals surface area (Å²) in [6.45, 7) is 29.2. The summed E-state index contributed by atoms with van der Waals surface area (Å²) < 4.78 is 32.2. The molecule has 0 spiro atoms. The number of fused-ring (bicyclic) bond motifs is 6. The summed E-state index contributed by atoms with van der Waals surface area (Å²) in [5, 5.41) is 3.05. The van der Waals surface area contributed by atoms with Gasteiger partial charge in [-0.15, -0.1) is 0 Å². The Morgan fingerprint density at radius 3 is 1.36 bits per heavy atom. The van der Waals surface area contributed by atoms with E-state index in [4.69, 9.17) is 9.97 Å². The van der Waals surface area contributed by atoms with Crippen molar-refractivity contribution in [2.24, 2.45) is 10.8 Å². The van der Waals surface area contributed by atoms with E-state index >= 15 is 0 Å². The monoisotopic (exact) mass is 792 g/mol. The molecule has 0 N–H and O–H groups in total. The quantitative estimate of drug-likeness (QED) is 0.176. The zero-order valence-corrected chi connectivity index (χ0v) is 37.1. The van der Waals surface area contributed by atoms with E-state index in [1.165, 1.54) is 46.2 Å². The van der Waals surface area contributed by atoms with Gasteiger partial charge >= 0.3 is 0 Å². The lowest BCUT2D eigenvalue weighted by Gasteiger charge is -2.42. The molecule has 8 rings (SSSR count). The van der Waals surface area contributed by atoms with Crippen LogP contribution in [0.15, 0.2) is 95.5 Å². The second-order valence-electron chi connectivity index (χ2n) is 20.6. The molecule has 0 radical (unpaired) electrons.